The lowest BCUT2D eigenvalue weighted by Crippen LogP contribution is -2.14. The molecule has 0 aromatic carbocycles. The van der Waals surface area contributed by atoms with Crippen molar-refractivity contribution in [1.29, 1.82) is 0 Å². The van der Waals surface area contributed by atoms with E-state index in [1.807, 2.05) is 35.7 Å². The van der Waals surface area contributed by atoms with Crippen molar-refractivity contribution in [2.24, 2.45) is 7.05 Å². The molecule has 0 amide bonds. The van der Waals surface area contributed by atoms with E-state index in [0.717, 1.165) is 41.5 Å². The predicted molar refractivity (Wildman–Crippen MR) is 90.8 cm³/mol. The molecule has 0 spiro atoms. The van der Waals surface area contributed by atoms with Crippen LogP contribution in [0.5, 0.6) is 0 Å². The molecule has 1 N–H and O–H groups in total. The van der Waals surface area contributed by atoms with Crippen molar-refractivity contribution in [2.75, 3.05) is 11.9 Å². The lowest BCUT2D eigenvalue weighted by Gasteiger charge is -2.12. The number of nitrogens with one attached hydrogen (secondary N) is 1. The monoisotopic (exact) mass is 326 g/mol. The number of aromatic nitrogens is 7. The SMILES string of the molecule is Cc1cn(CCNc2nc(C3CCCC3)nc3c2cnn3C)nn1. The molecule has 0 radical (unpaired) electrons. The first-order chi connectivity index (χ1) is 11.7. The van der Waals surface area contributed by atoms with Gasteiger partial charge in [0.2, 0.25) is 0 Å². The van der Waals surface area contributed by atoms with Crippen LogP contribution in [-0.2, 0) is 13.6 Å². The Morgan fingerprint density at radius 2 is 2.08 bits per heavy atom. The van der Waals surface area contributed by atoms with E-state index in [4.69, 9.17) is 9.97 Å². The van der Waals surface area contributed by atoms with Crippen LogP contribution in [0.15, 0.2) is 12.4 Å². The van der Waals surface area contributed by atoms with E-state index in [1.54, 1.807) is 0 Å². The zero-order chi connectivity index (χ0) is 16.5. The van der Waals surface area contributed by atoms with Gasteiger partial charge in [0.15, 0.2) is 5.65 Å². The maximum atomic E-state index is 4.81. The fourth-order valence-corrected chi connectivity index (χ4v) is 3.33. The molecule has 3 heterocycles. The normalized spacial score (nSPS) is 15.4. The fraction of sp³-hybridized carbons (Fsp3) is 0.562. The van der Waals surface area contributed by atoms with Gasteiger partial charge < -0.3 is 5.32 Å². The van der Waals surface area contributed by atoms with Crippen LogP contribution in [0.4, 0.5) is 5.82 Å². The van der Waals surface area contributed by atoms with Crippen LogP contribution >= 0.6 is 0 Å². The van der Waals surface area contributed by atoms with Gasteiger partial charge in [-0.05, 0) is 19.8 Å². The molecular formula is C16H22N8. The molecule has 4 rings (SSSR count). The zero-order valence-corrected chi connectivity index (χ0v) is 14.1. The van der Waals surface area contributed by atoms with Gasteiger partial charge in [-0.1, -0.05) is 18.1 Å². The molecule has 0 atom stereocenters. The molecule has 3 aromatic rings. The minimum Gasteiger partial charge on any atom is -0.367 e. The molecule has 3 aromatic heterocycles. The van der Waals surface area contributed by atoms with E-state index in [-0.39, 0.29) is 0 Å². The van der Waals surface area contributed by atoms with Crippen LogP contribution in [-0.4, -0.2) is 41.3 Å². The molecule has 24 heavy (non-hydrogen) atoms. The Morgan fingerprint density at radius 3 is 2.83 bits per heavy atom. The summed E-state index contributed by atoms with van der Waals surface area (Å²) in [6.45, 7) is 3.41. The van der Waals surface area contributed by atoms with Crippen molar-refractivity contribution in [3.8, 4) is 0 Å². The zero-order valence-electron chi connectivity index (χ0n) is 14.1. The van der Waals surface area contributed by atoms with Crippen LogP contribution in [0.25, 0.3) is 11.0 Å². The molecule has 1 aliphatic rings. The van der Waals surface area contributed by atoms with Crippen LogP contribution in [0.3, 0.4) is 0 Å². The maximum absolute atomic E-state index is 4.81. The Labute approximate surface area is 140 Å². The number of hydrogen-bond donors (Lipinski definition) is 1. The standard InChI is InChI=1S/C16H22N8/c1-11-10-24(22-21-11)8-7-17-15-13-9-18-23(2)16(13)20-14(19-15)12-5-3-4-6-12/h9-10,12H,3-8H2,1-2H3,(H,17,19,20). The van der Waals surface area contributed by atoms with Crippen LogP contribution in [0.2, 0.25) is 0 Å². The Bertz CT molecular complexity index is 843. The largest absolute Gasteiger partial charge is 0.367 e. The summed E-state index contributed by atoms with van der Waals surface area (Å²) in [6.07, 6.45) is 8.67. The van der Waals surface area contributed by atoms with E-state index in [1.165, 1.54) is 25.7 Å². The summed E-state index contributed by atoms with van der Waals surface area (Å²) in [5.41, 5.74) is 1.82. The second-order valence-corrected chi connectivity index (χ2v) is 6.47. The number of nitrogens with zero attached hydrogens (tertiary/aromatic N) is 7. The molecule has 8 nitrogen and oxygen atoms in total. The number of hydrogen-bond acceptors (Lipinski definition) is 6. The summed E-state index contributed by atoms with van der Waals surface area (Å²) in [5, 5.41) is 16.8. The van der Waals surface area contributed by atoms with E-state index in [2.05, 4.69) is 20.7 Å². The van der Waals surface area contributed by atoms with Gasteiger partial charge in [-0.3, -0.25) is 9.36 Å². The minimum atomic E-state index is 0.475. The van der Waals surface area contributed by atoms with Crippen molar-refractivity contribution >= 4 is 16.9 Å². The van der Waals surface area contributed by atoms with Gasteiger partial charge in [0.1, 0.15) is 11.6 Å². The summed E-state index contributed by atoms with van der Waals surface area (Å²) in [5.74, 6) is 2.29. The van der Waals surface area contributed by atoms with Gasteiger partial charge in [-0.2, -0.15) is 5.10 Å². The fourth-order valence-electron chi connectivity index (χ4n) is 3.33. The summed E-state index contributed by atoms with van der Waals surface area (Å²) < 4.78 is 3.66. The smallest absolute Gasteiger partial charge is 0.163 e. The second kappa shape index (κ2) is 6.18. The third-order valence-corrected chi connectivity index (χ3v) is 4.62. The quantitative estimate of drug-likeness (QED) is 0.772. The molecule has 1 fully saturated rings. The molecule has 0 bridgehead atoms. The van der Waals surface area contributed by atoms with Crippen molar-refractivity contribution in [1.82, 2.24) is 34.7 Å². The number of aryl methyl sites for hydroxylation is 2. The molecule has 1 aliphatic carbocycles. The molecule has 0 unspecified atom stereocenters. The molecule has 1 saturated carbocycles. The Kier molecular flexibility index (Phi) is 3.87. The van der Waals surface area contributed by atoms with Crippen molar-refractivity contribution in [2.45, 2.75) is 45.1 Å². The topological polar surface area (TPSA) is 86.3 Å². The second-order valence-electron chi connectivity index (χ2n) is 6.47. The highest BCUT2D eigenvalue weighted by molar-refractivity contribution is 5.86. The van der Waals surface area contributed by atoms with Gasteiger partial charge in [0, 0.05) is 25.7 Å². The first kappa shape index (κ1) is 15.0. The summed E-state index contributed by atoms with van der Waals surface area (Å²) >= 11 is 0. The molecule has 126 valence electrons. The highest BCUT2D eigenvalue weighted by atomic mass is 15.4. The molecular weight excluding hydrogens is 304 g/mol. The highest BCUT2D eigenvalue weighted by Gasteiger charge is 2.22. The van der Waals surface area contributed by atoms with Gasteiger partial charge in [-0.25, -0.2) is 9.97 Å². The van der Waals surface area contributed by atoms with Crippen molar-refractivity contribution < 1.29 is 0 Å². The van der Waals surface area contributed by atoms with E-state index in [9.17, 15) is 0 Å². The van der Waals surface area contributed by atoms with E-state index in [0.29, 0.717) is 5.92 Å². The van der Waals surface area contributed by atoms with Crippen molar-refractivity contribution in [3.63, 3.8) is 0 Å². The lowest BCUT2D eigenvalue weighted by molar-refractivity contribution is 0.607. The average Bonchev–Trinajstić information content (AvgIpc) is 3.30. The van der Waals surface area contributed by atoms with Crippen LogP contribution < -0.4 is 5.32 Å². The first-order valence-corrected chi connectivity index (χ1v) is 8.51. The molecule has 0 aliphatic heterocycles. The third kappa shape index (κ3) is 2.83. The molecule has 0 saturated heterocycles. The number of anilines is 1. The predicted octanol–water partition coefficient (Wildman–Crippen LogP) is 2.03. The Morgan fingerprint density at radius 1 is 1.25 bits per heavy atom. The summed E-state index contributed by atoms with van der Waals surface area (Å²) in [7, 11) is 1.93. The van der Waals surface area contributed by atoms with Gasteiger partial charge in [0.25, 0.3) is 0 Å². The summed E-state index contributed by atoms with van der Waals surface area (Å²) in [6, 6.07) is 0. The number of rotatable bonds is 5. The van der Waals surface area contributed by atoms with E-state index < -0.39 is 0 Å². The van der Waals surface area contributed by atoms with Crippen LogP contribution in [0.1, 0.15) is 43.1 Å². The van der Waals surface area contributed by atoms with Gasteiger partial charge in [-0.15, -0.1) is 5.10 Å². The molecule has 8 heteroatoms. The third-order valence-electron chi connectivity index (χ3n) is 4.62. The minimum absolute atomic E-state index is 0.475. The van der Waals surface area contributed by atoms with Gasteiger partial charge in [0.05, 0.1) is 23.8 Å². The first-order valence-electron chi connectivity index (χ1n) is 8.51. The maximum Gasteiger partial charge on any atom is 0.163 e. The number of fused-ring (bicyclic) bond motifs is 1. The Hall–Kier alpha value is -2.51. The Balaban J connectivity index is 1.58. The van der Waals surface area contributed by atoms with E-state index >= 15 is 0 Å². The van der Waals surface area contributed by atoms with Crippen LogP contribution in [0, 0.1) is 6.92 Å². The van der Waals surface area contributed by atoms with Crippen molar-refractivity contribution in [3.05, 3.63) is 23.9 Å². The highest BCUT2D eigenvalue weighted by Crippen LogP contribution is 2.33. The average molecular weight is 326 g/mol. The van der Waals surface area contributed by atoms with Gasteiger partial charge >= 0.3 is 0 Å². The summed E-state index contributed by atoms with van der Waals surface area (Å²) in [4.78, 5) is 9.58. The lowest BCUT2D eigenvalue weighted by atomic mass is 10.1.